The highest BCUT2D eigenvalue weighted by atomic mass is 35.5. The van der Waals surface area contributed by atoms with Gasteiger partial charge in [0.1, 0.15) is 0 Å². The molecule has 1 N–H and O–H groups in total. The number of nitrogens with one attached hydrogen (secondary N) is 1. The Morgan fingerprint density at radius 2 is 1.77 bits per heavy atom. The SMILES string of the molecule is Cl.c1[nH]c2ccc3nc4c(nc3c2c1C1CN2CCC1CC2)CCCC4. The van der Waals surface area contributed by atoms with Crippen LogP contribution in [0.25, 0.3) is 21.9 Å². The first-order valence-corrected chi connectivity index (χ1v) is 9.89. The summed E-state index contributed by atoms with van der Waals surface area (Å²) in [6.07, 6.45) is 9.65. The molecule has 4 nitrogen and oxygen atoms in total. The Bertz CT molecular complexity index is 971. The molecule has 1 unspecified atom stereocenters. The van der Waals surface area contributed by atoms with Crippen LogP contribution in [0.1, 0.15) is 48.6 Å². The third-order valence-electron chi connectivity index (χ3n) is 6.80. The first kappa shape index (κ1) is 16.5. The Morgan fingerprint density at radius 3 is 2.50 bits per heavy atom. The number of fused-ring (bicyclic) bond motifs is 7. The number of aromatic nitrogens is 3. The predicted octanol–water partition coefficient (Wildman–Crippen LogP) is 4.22. The minimum Gasteiger partial charge on any atom is -0.361 e. The highest BCUT2D eigenvalue weighted by Crippen LogP contribution is 2.42. The molecule has 7 rings (SSSR count). The molecule has 4 aliphatic rings. The van der Waals surface area contributed by atoms with E-state index in [1.165, 1.54) is 73.2 Å². The lowest BCUT2D eigenvalue weighted by atomic mass is 9.75. The molecule has 3 fully saturated rings. The van der Waals surface area contributed by atoms with Gasteiger partial charge < -0.3 is 9.88 Å². The second-order valence-corrected chi connectivity index (χ2v) is 8.17. The van der Waals surface area contributed by atoms with Gasteiger partial charge in [0.15, 0.2) is 0 Å². The van der Waals surface area contributed by atoms with Gasteiger partial charge in [-0.25, -0.2) is 9.97 Å². The summed E-state index contributed by atoms with van der Waals surface area (Å²) in [6.45, 7) is 3.79. The van der Waals surface area contributed by atoms with E-state index in [4.69, 9.17) is 9.97 Å². The van der Waals surface area contributed by atoms with Gasteiger partial charge in [0.25, 0.3) is 0 Å². The van der Waals surface area contributed by atoms with E-state index >= 15 is 0 Å². The molecule has 26 heavy (non-hydrogen) atoms. The van der Waals surface area contributed by atoms with Crippen molar-refractivity contribution in [3.05, 3.63) is 35.3 Å². The zero-order chi connectivity index (χ0) is 16.4. The van der Waals surface area contributed by atoms with Crippen molar-refractivity contribution in [3.63, 3.8) is 0 Å². The molecule has 2 bridgehead atoms. The molecule has 3 saturated heterocycles. The molecule has 5 heteroatoms. The quantitative estimate of drug-likeness (QED) is 0.699. The lowest BCUT2D eigenvalue weighted by Gasteiger charge is -2.44. The van der Waals surface area contributed by atoms with Crippen LogP contribution >= 0.6 is 12.4 Å². The Labute approximate surface area is 159 Å². The zero-order valence-electron chi connectivity index (χ0n) is 15.0. The summed E-state index contributed by atoms with van der Waals surface area (Å²) in [7, 11) is 0. The van der Waals surface area contributed by atoms with Crippen LogP contribution in [-0.2, 0) is 12.8 Å². The number of benzene rings is 1. The molecule has 0 saturated carbocycles. The number of nitrogens with zero attached hydrogens (tertiary/aromatic N) is 3. The van der Waals surface area contributed by atoms with Gasteiger partial charge in [-0.05, 0) is 75.2 Å². The third kappa shape index (κ3) is 2.39. The Hall–Kier alpha value is -1.65. The molecule has 0 amide bonds. The Balaban J connectivity index is 0.00000150. The van der Waals surface area contributed by atoms with E-state index in [0.29, 0.717) is 5.92 Å². The first-order valence-electron chi connectivity index (χ1n) is 9.89. The van der Waals surface area contributed by atoms with Gasteiger partial charge in [-0.15, -0.1) is 12.4 Å². The van der Waals surface area contributed by atoms with E-state index in [9.17, 15) is 0 Å². The standard InChI is InChI=1S/C21H24N4.ClH/c1-2-4-17-16(3-1)23-19-6-5-18-20(21(19)24-17)14(11-22-18)15-12-25-9-7-13(15)8-10-25;/h5-6,11,13,15,22H,1-4,7-10,12H2;1H. The van der Waals surface area contributed by atoms with Crippen LogP contribution in [0.15, 0.2) is 18.3 Å². The zero-order valence-corrected chi connectivity index (χ0v) is 15.8. The van der Waals surface area contributed by atoms with Crippen LogP contribution in [-0.4, -0.2) is 39.5 Å². The summed E-state index contributed by atoms with van der Waals surface area (Å²) in [5.74, 6) is 1.49. The van der Waals surface area contributed by atoms with Crippen LogP contribution in [0.2, 0.25) is 0 Å². The number of piperidine rings is 3. The predicted molar refractivity (Wildman–Crippen MR) is 107 cm³/mol. The van der Waals surface area contributed by atoms with Gasteiger partial charge >= 0.3 is 0 Å². The van der Waals surface area contributed by atoms with E-state index in [2.05, 4.69) is 28.2 Å². The lowest BCUT2D eigenvalue weighted by molar-refractivity contribution is 0.0877. The summed E-state index contributed by atoms with van der Waals surface area (Å²) in [4.78, 5) is 16.3. The fourth-order valence-corrected chi connectivity index (χ4v) is 5.43. The van der Waals surface area contributed by atoms with Gasteiger partial charge in [0, 0.05) is 29.6 Å². The molecule has 1 atom stereocenters. The summed E-state index contributed by atoms with van der Waals surface area (Å²) >= 11 is 0. The highest BCUT2D eigenvalue weighted by molar-refractivity contribution is 6.05. The summed E-state index contributed by atoms with van der Waals surface area (Å²) in [5.41, 5.74) is 7.40. The minimum absolute atomic E-state index is 0. The smallest absolute Gasteiger partial charge is 0.0986 e. The highest BCUT2D eigenvalue weighted by Gasteiger charge is 2.36. The minimum atomic E-state index is 0. The third-order valence-corrected chi connectivity index (χ3v) is 6.80. The largest absolute Gasteiger partial charge is 0.361 e. The topological polar surface area (TPSA) is 44.8 Å². The number of aryl methyl sites for hydroxylation is 2. The number of aromatic amines is 1. The van der Waals surface area contributed by atoms with Gasteiger partial charge in [-0.3, -0.25) is 0 Å². The van der Waals surface area contributed by atoms with Crippen molar-refractivity contribution in [1.29, 1.82) is 0 Å². The van der Waals surface area contributed by atoms with Crippen LogP contribution < -0.4 is 0 Å². The van der Waals surface area contributed by atoms with Crippen LogP contribution in [0.3, 0.4) is 0 Å². The van der Waals surface area contributed by atoms with E-state index in [1.807, 2.05) is 0 Å². The maximum Gasteiger partial charge on any atom is 0.0986 e. The molecular weight excluding hydrogens is 344 g/mol. The Morgan fingerprint density at radius 1 is 1.00 bits per heavy atom. The average molecular weight is 369 g/mol. The molecule has 1 aliphatic carbocycles. The lowest BCUT2D eigenvalue weighted by Crippen LogP contribution is -2.46. The number of H-pyrrole nitrogens is 1. The summed E-state index contributed by atoms with van der Waals surface area (Å²) < 4.78 is 0. The molecule has 0 radical (unpaired) electrons. The van der Waals surface area contributed by atoms with E-state index < -0.39 is 0 Å². The molecule has 5 heterocycles. The van der Waals surface area contributed by atoms with Gasteiger partial charge in [0.2, 0.25) is 0 Å². The summed E-state index contributed by atoms with van der Waals surface area (Å²) in [5, 5.41) is 1.34. The van der Waals surface area contributed by atoms with E-state index in [-0.39, 0.29) is 12.4 Å². The van der Waals surface area contributed by atoms with Crippen LogP contribution in [0, 0.1) is 5.92 Å². The van der Waals surface area contributed by atoms with Gasteiger partial charge in [-0.2, -0.15) is 0 Å². The second kappa shape index (κ2) is 6.21. The molecule has 3 aliphatic heterocycles. The fourth-order valence-electron chi connectivity index (χ4n) is 5.43. The molecule has 1 aromatic carbocycles. The van der Waals surface area contributed by atoms with Crippen molar-refractivity contribution in [2.45, 2.75) is 44.4 Å². The van der Waals surface area contributed by atoms with E-state index in [0.717, 1.165) is 29.8 Å². The Kier molecular flexibility index (Phi) is 3.94. The van der Waals surface area contributed by atoms with Crippen molar-refractivity contribution in [3.8, 4) is 0 Å². The van der Waals surface area contributed by atoms with Crippen molar-refractivity contribution in [2.75, 3.05) is 19.6 Å². The monoisotopic (exact) mass is 368 g/mol. The molecule has 136 valence electrons. The first-order chi connectivity index (χ1) is 12.4. The number of hydrogen-bond acceptors (Lipinski definition) is 3. The van der Waals surface area contributed by atoms with Crippen molar-refractivity contribution < 1.29 is 0 Å². The van der Waals surface area contributed by atoms with Crippen LogP contribution in [0.5, 0.6) is 0 Å². The number of hydrogen-bond donors (Lipinski definition) is 1. The van der Waals surface area contributed by atoms with Gasteiger partial charge in [0.05, 0.1) is 22.4 Å². The molecule has 0 spiro atoms. The molecule has 2 aromatic heterocycles. The van der Waals surface area contributed by atoms with E-state index in [1.54, 1.807) is 0 Å². The second-order valence-electron chi connectivity index (χ2n) is 8.17. The van der Waals surface area contributed by atoms with Gasteiger partial charge in [-0.1, -0.05) is 0 Å². The fraction of sp³-hybridized carbons (Fsp3) is 0.524. The van der Waals surface area contributed by atoms with Crippen molar-refractivity contribution in [2.24, 2.45) is 5.92 Å². The van der Waals surface area contributed by atoms with Crippen LogP contribution in [0.4, 0.5) is 0 Å². The average Bonchev–Trinajstić information content (AvgIpc) is 3.12. The van der Waals surface area contributed by atoms with Crippen molar-refractivity contribution >= 4 is 34.3 Å². The number of halogens is 1. The summed E-state index contributed by atoms with van der Waals surface area (Å²) in [6, 6.07) is 4.35. The van der Waals surface area contributed by atoms with Crippen molar-refractivity contribution in [1.82, 2.24) is 19.9 Å². The molecule has 3 aromatic rings. The normalized spacial score (nSPS) is 27.5. The maximum atomic E-state index is 5.14. The maximum absolute atomic E-state index is 5.14. The number of rotatable bonds is 1. The molecular formula is C21H25ClN4.